The maximum atomic E-state index is 15.0. The Labute approximate surface area is 211 Å². The third-order valence-electron chi connectivity index (χ3n) is 5.82. The molecule has 0 radical (unpaired) electrons. The molecule has 0 saturated heterocycles. The molecule has 2 aromatic carbocycles. The fourth-order valence-electron chi connectivity index (χ4n) is 3.78. The molecule has 186 valence electrons. The van der Waals surface area contributed by atoms with Gasteiger partial charge < -0.3 is 9.84 Å². The molecule has 5 rings (SSSR count). The summed E-state index contributed by atoms with van der Waals surface area (Å²) in [7, 11) is 0. The number of halogens is 1. The molecule has 3 heterocycles. The van der Waals surface area contributed by atoms with Crippen molar-refractivity contribution in [3.05, 3.63) is 89.7 Å². The highest BCUT2D eigenvalue weighted by Crippen LogP contribution is 2.29. The van der Waals surface area contributed by atoms with Gasteiger partial charge in [0.25, 0.3) is 11.7 Å². The predicted octanol–water partition coefficient (Wildman–Crippen LogP) is 4.63. The summed E-state index contributed by atoms with van der Waals surface area (Å²) >= 11 is 0. The lowest BCUT2D eigenvalue weighted by Gasteiger charge is -2.10. The standard InChI is InChI=1S/C27H23FN6O3/c1-27(2,3)26-32-24(33-37-26)25(36)29-12-19-9-8-18(10-21(19)28)23-22-11-20(13-34(22)31-15-30-23)17-6-4-16(14-35)5-7-17/h4-11,13-15H,12H2,1-3H3,(H,29,36). The Morgan fingerprint density at radius 1 is 1.08 bits per heavy atom. The topological polar surface area (TPSA) is 115 Å². The Morgan fingerprint density at radius 3 is 2.51 bits per heavy atom. The molecule has 0 saturated carbocycles. The van der Waals surface area contributed by atoms with Crippen molar-refractivity contribution >= 4 is 17.7 Å². The van der Waals surface area contributed by atoms with Crippen molar-refractivity contribution in [3.8, 4) is 22.4 Å². The first-order chi connectivity index (χ1) is 17.7. The molecule has 1 amide bonds. The number of nitrogens with zero attached hydrogens (tertiary/aromatic N) is 5. The van der Waals surface area contributed by atoms with Crippen LogP contribution in [0.5, 0.6) is 0 Å². The van der Waals surface area contributed by atoms with Gasteiger partial charge in [0.2, 0.25) is 5.89 Å². The number of benzene rings is 2. The highest BCUT2D eigenvalue weighted by molar-refractivity contribution is 5.90. The van der Waals surface area contributed by atoms with Gasteiger partial charge >= 0.3 is 0 Å². The molecule has 5 aromatic rings. The van der Waals surface area contributed by atoms with Crippen LogP contribution >= 0.6 is 0 Å². The van der Waals surface area contributed by atoms with E-state index in [4.69, 9.17) is 4.52 Å². The monoisotopic (exact) mass is 498 g/mol. The Balaban J connectivity index is 1.36. The zero-order valence-corrected chi connectivity index (χ0v) is 20.4. The summed E-state index contributed by atoms with van der Waals surface area (Å²) in [6.45, 7) is 5.64. The summed E-state index contributed by atoms with van der Waals surface area (Å²) in [5, 5.41) is 10.6. The van der Waals surface area contributed by atoms with Gasteiger partial charge in [0.1, 0.15) is 18.4 Å². The first-order valence-electron chi connectivity index (χ1n) is 11.5. The number of hydrogen-bond acceptors (Lipinski definition) is 7. The number of carbonyl (C=O) groups is 2. The molecule has 0 spiro atoms. The van der Waals surface area contributed by atoms with Crippen molar-refractivity contribution in [1.29, 1.82) is 0 Å². The Kier molecular flexibility index (Phi) is 6.08. The van der Waals surface area contributed by atoms with Crippen molar-refractivity contribution in [2.75, 3.05) is 0 Å². The van der Waals surface area contributed by atoms with E-state index in [1.54, 1.807) is 28.8 Å². The highest BCUT2D eigenvalue weighted by Gasteiger charge is 2.24. The van der Waals surface area contributed by atoms with E-state index in [0.717, 1.165) is 17.4 Å². The van der Waals surface area contributed by atoms with E-state index < -0.39 is 11.7 Å². The maximum Gasteiger partial charge on any atom is 0.292 e. The zero-order valence-electron chi connectivity index (χ0n) is 20.4. The van der Waals surface area contributed by atoms with Crippen LogP contribution in [-0.2, 0) is 12.0 Å². The quantitative estimate of drug-likeness (QED) is 0.340. The number of fused-ring (bicyclic) bond motifs is 1. The second kappa shape index (κ2) is 9.38. The lowest BCUT2D eigenvalue weighted by Crippen LogP contribution is -2.24. The van der Waals surface area contributed by atoms with Crippen LogP contribution in [0.25, 0.3) is 27.9 Å². The number of aromatic nitrogens is 5. The van der Waals surface area contributed by atoms with E-state index in [-0.39, 0.29) is 17.8 Å². The molecule has 0 unspecified atom stereocenters. The summed E-state index contributed by atoms with van der Waals surface area (Å²) in [6.07, 6.45) is 4.05. The summed E-state index contributed by atoms with van der Waals surface area (Å²) in [5.41, 5.74) is 4.12. The summed E-state index contributed by atoms with van der Waals surface area (Å²) in [4.78, 5) is 31.8. The van der Waals surface area contributed by atoms with Crippen molar-refractivity contribution in [1.82, 2.24) is 30.1 Å². The lowest BCUT2D eigenvalue weighted by atomic mass is 9.97. The van der Waals surface area contributed by atoms with Crippen molar-refractivity contribution in [2.45, 2.75) is 32.7 Å². The van der Waals surface area contributed by atoms with Crippen LogP contribution in [-0.4, -0.2) is 36.9 Å². The zero-order chi connectivity index (χ0) is 26.2. The Bertz CT molecular complexity index is 1620. The van der Waals surface area contributed by atoms with Gasteiger partial charge in [-0.15, -0.1) is 0 Å². The van der Waals surface area contributed by atoms with Crippen LogP contribution in [0.2, 0.25) is 0 Å². The van der Waals surface area contributed by atoms with Crippen LogP contribution < -0.4 is 5.32 Å². The van der Waals surface area contributed by atoms with Crippen molar-refractivity contribution in [2.24, 2.45) is 0 Å². The predicted molar refractivity (Wildman–Crippen MR) is 133 cm³/mol. The molecule has 0 aliphatic carbocycles. The number of rotatable bonds is 6. The van der Waals surface area contributed by atoms with Gasteiger partial charge in [0.05, 0.1) is 11.2 Å². The summed E-state index contributed by atoms with van der Waals surface area (Å²) in [6, 6.07) is 13.8. The Hall–Kier alpha value is -4.73. The smallest absolute Gasteiger partial charge is 0.292 e. The molecule has 37 heavy (non-hydrogen) atoms. The average molecular weight is 499 g/mol. The Morgan fingerprint density at radius 2 is 1.84 bits per heavy atom. The number of aldehydes is 1. The third kappa shape index (κ3) is 4.86. The van der Waals surface area contributed by atoms with Gasteiger partial charge in [-0.1, -0.05) is 62.3 Å². The third-order valence-corrected chi connectivity index (χ3v) is 5.82. The fraction of sp³-hybridized carbons (Fsp3) is 0.185. The van der Waals surface area contributed by atoms with Gasteiger partial charge in [0, 0.05) is 40.4 Å². The maximum absolute atomic E-state index is 15.0. The molecule has 9 nitrogen and oxygen atoms in total. The first-order valence-corrected chi connectivity index (χ1v) is 11.5. The first kappa shape index (κ1) is 24.0. The van der Waals surface area contributed by atoms with Crippen molar-refractivity contribution < 1.29 is 18.5 Å². The van der Waals surface area contributed by atoms with Gasteiger partial charge in [-0.05, 0) is 17.7 Å². The summed E-state index contributed by atoms with van der Waals surface area (Å²) in [5.74, 6) is -0.803. The SMILES string of the molecule is CC(C)(C)c1nc(C(=O)NCc2ccc(-c3ncnn4cc(-c5ccc(C=O)cc5)cc34)cc2F)no1. The molecule has 0 aliphatic heterocycles. The molecular formula is C27H23FN6O3. The fourth-order valence-corrected chi connectivity index (χ4v) is 3.78. The van der Waals surface area contributed by atoms with Gasteiger partial charge in [-0.3, -0.25) is 9.59 Å². The molecule has 0 bridgehead atoms. The van der Waals surface area contributed by atoms with Crippen LogP contribution in [0.15, 0.2) is 65.6 Å². The van der Waals surface area contributed by atoms with Crippen LogP contribution in [0.4, 0.5) is 4.39 Å². The van der Waals surface area contributed by atoms with Crippen LogP contribution in [0.1, 0.15) is 53.2 Å². The normalized spacial score (nSPS) is 11.6. The van der Waals surface area contributed by atoms with Crippen LogP contribution in [0.3, 0.4) is 0 Å². The van der Waals surface area contributed by atoms with Gasteiger partial charge in [0.15, 0.2) is 0 Å². The molecule has 3 aromatic heterocycles. The highest BCUT2D eigenvalue weighted by atomic mass is 19.1. The second-order valence-electron chi connectivity index (χ2n) is 9.57. The molecule has 0 fully saturated rings. The lowest BCUT2D eigenvalue weighted by molar-refractivity contribution is 0.0937. The minimum Gasteiger partial charge on any atom is -0.345 e. The van der Waals surface area contributed by atoms with E-state index in [2.05, 4.69) is 25.5 Å². The minimum absolute atomic E-state index is 0.0461. The van der Waals surface area contributed by atoms with Crippen molar-refractivity contribution in [3.63, 3.8) is 0 Å². The van der Waals surface area contributed by atoms with Gasteiger partial charge in [-0.25, -0.2) is 13.9 Å². The largest absolute Gasteiger partial charge is 0.345 e. The van der Waals surface area contributed by atoms with Gasteiger partial charge in [-0.2, -0.15) is 10.1 Å². The second-order valence-corrected chi connectivity index (χ2v) is 9.57. The van der Waals surface area contributed by atoms with Crippen LogP contribution in [0, 0.1) is 5.82 Å². The number of hydrogen-bond donors (Lipinski definition) is 1. The summed E-state index contributed by atoms with van der Waals surface area (Å²) < 4.78 is 21.8. The van der Waals surface area contributed by atoms with E-state index in [0.29, 0.717) is 33.8 Å². The van der Waals surface area contributed by atoms with E-state index in [9.17, 15) is 9.59 Å². The van der Waals surface area contributed by atoms with E-state index in [1.807, 2.05) is 45.2 Å². The average Bonchev–Trinajstić information content (AvgIpc) is 3.56. The minimum atomic E-state index is -0.554. The van der Waals surface area contributed by atoms with E-state index >= 15 is 4.39 Å². The molecule has 0 atom stereocenters. The molecule has 0 aliphatic rings. The molecular weight excluding hydrogens is 475 g/mol. The molecule has 10 heteroatoms. The van der Waals surface area contributed by atoms with E-state index in [1.165, 1.54) is 12.4 Å². The number of nitrogens with one attached hydrogen (secondary N) is 1. The number of amides is 1. The molecule has 1 N–H and O–H groups in total. The number of carbonyl (C=O) groups excluding carboxylic acids is 2.